The smallest absolute Gasteiger partial charge is 0.191 e. The summed E-state index contributed by atoms with van der Waals surface area (Å²) in [4.78, 5) is 4.69. The molecule has 2 aromatic rings. The minimum absolute atomic E-state index is 0. The van der Waals surface area contributed by atoms with Crippen molar-refractivity contribution >= 4 is 29.9 Å². The van der Waals surface area contributed by atoms with Crippen LogP contribution in [0.15, 0.2) is 59.6 Å². The van der Waals surface area contributed by atoms with Crippen LogP contribution in [0.3, 0.4) is 0 Å². The molecule has 0 bridgehead atoms. The zero-order valence-electron chi connectivity index (χ0n) is 16.3. The average molecular weight is 483 g/mol. The van der Waals surface area contributed by atoms with Crippen LogP contribution in [-0.2, 0) is 0 Å². The highest BCUT2D eigenvalue weighted by molar-refractivity contribution is 14.0. The van der Waals surface area contributed by atoms with Crippen molar-refractivity contribution in [3.05, 3.63) is 60.2 Å². The van der Waals surface area contributed by atoms with Gasteiger partial charge in [0.15, 0.2) is 5.96 Å². The van der Waals surface area contributed by atoms with Gasteiger partial charge in [0.2, 0.25) is 0 Å². The lowest BCUT2D eigenvalue weighted by atomic mass is 10.0. The number of hydrogen-bond donors (Lipinski definition) is 2. The van der Waals surface area contributed by atoms with Gasteiger partial charge < -0.3 is 20.1 Å². The van der Waals surface area contributed by atoms with E-state index in [-0.39, 0.29) is 29.9 Å². The van der Waals surface area contributed by atoms with E-state index >= 15 is 0 Å². The van der Waals surface area contributed by atoms with Crippen molar-refractivity contribution in [3.63, 3.8) is 0 Å². The molecule has 0 fully saturated rings. The van der Waals surface area contributed by atoms with E-state index < -0.39 is 0 Å². The van der Waals surface area contributed by atoms with Crippen LogP contribution in [0.5, 0.6) is 11.5 Å². The molecular formula is C21H30IN3O2. The Kier molecular flexibility index (Phi) is 11.3. The van der Waals surface area contributed by atoms with E-state index in [4.69, 9.17) is 14.5 Å². The maximum absolute atomic E-state index is 5.70. The number of nitrogens with one attached hydrogen (secondary N) is 2. The molecule has 0 spiro atoms. The number of benzene rings is 2. The van der Waals surface area contributed by atoms with E-state index in [1.165, 1.54) is 5.56 Å². The lowest BCUT2D eigenvalue weighted by Gasteiger charge is -2.16. The first-order valence-corrected chi connectivity index (χ1v) is 9.07. The number of methoxy groups -OCH3 is 1. The van der Waals surface area contributed by atoms with Crippen LogP contribution in [-0.4, -0.2) is 39.3 Å². The van der Waals surface area contributed by atoms with Crippen molar-refractivity contribution in [2.24, 2.45) is 4.99 Å². The van der Waals surface area contributed by atoms with Crippen LogP contribution in [0.2, 0.25) is 0 Å². The van der Waals surface area contributed by atoms with Crippen molar-refractivity contribution in [3.8, 4) is 11.5 Å². The molecule has 0 amide bonds. The predicted octanol–water partition coefficient (Wildman–Crippen LogP) is 4.05. The number of rotatable bonds is 9. The van der Waals surface area contributed by atoms with Crippen molar-refractivity contribution in [1.82, 2.24) is 10.6 Å². The van der Waals surface area contributed by atoms with Gasteiger partial charge in [-0.3, -0.25) is 4.99 Å². The van der Waals surface area contributed by atoms with Gasteiger partial charge in [-0.1, -0.05) is 43.3 Å². The molecule has 27 heavy (non-hydrogen) atoms. The summed E-state index contributed by atoms with van der Waals surface area (Å²) in [6, 6.07) is 17.9. The van der Waals surface area contributed by atoms with Crippen LogP contribution in [0.4, 0.5) is 0 Å². The molecule has 5 nitrogen and oxygen atoms in total. The number of halogens is 1. The fraction of sp³-hybridized carbons (Fsp3) is 0.381. The molecule has 0 aliphatic rings. The second-order valence-electron chi connectivity index (χ2n) is 5.95. The van der Waals surface area contributed by atoms with E-state index in [1.807, 2.05) is 48.5 Å². The average Bonchev–Trinajstić information content (AvgIpc) is 2.69. The molecule has 0 saturated heterocycles. The van der Waals surface area contributed by atoms with E-state index in [9.17, 15) is 0 Å². The Balaban J connectivity index is 0.00000364. The summed E-state index contributed by atoms with van der Waals surface area (Å²) in [5, 5.41) is 6.58. The lowest BCUT2D eigenvalue weighted by Crippen LogP contribution is -2.39. The number of hydrogen-bond acceptors (Lipinski definition) is 3. The second kappa shape index (κ2) is 13.2. The third kappa shape index (κ3) is 8.07. The molecule has 0 aliphatic carbocycles. The quantitative estimate of drug-likeness (QED) is 0.245. The Morgan fingerprint density at radius 3 is 2.44 bits per heavy atom. The van der Waals surface area contributed by atoms with Gasteiger partial charge in [0.05, 0.1) is 13.7 Å². The van der Waals surface area contributed by atoms with E-state index in [0.29, 0.717) is 19.7 Å². The Labute approximate surface area is 179 Å². The minimum Gasteiger partial charge on any atom is -0.496 e. The van der Waals surface area contributed by atoms with Crippen LogP contribution in [0.25, 0.3) is 0 Å². The van der Waals surface area contributed by atoms with E-state index in [0.717, 1.165) is 24.0 Å². The molecule has 2 rings (SSSR count). The van der Waals surface area contributed by atoms with Gasteiger partial charge in [-0.05, 0) is 30.7 Å². The summed E-state index contributed by atoms with van der Waals surface area (Å²) in [6.45, 7) is 6.97. The second-order valence-corrected chi connectivity index (χ2v) is 5.95. The maximum Gasteiger partial charge on any atom is 0.191 e. The molecule has 0 aliphatic heterocycles. The van der Waals surface area contributed by atoms with Gasteiger partial charge in [-0.2, -0.15) is 0 Å². The van der Waals surface area contributed by atoms with Crippen molar-refractivity contribution < 1.29 is 9.47 Å². The summed E-state index contributed by atoms with van der Waals surface area (Å²) in [7, 11) is 1.70. The standard InChI is InChI=1S/C21H29N3O2.HI/c1-4-22-21(23-14-15-26-18-10-6-5-7-11-18)24-16-17(2)19-12-8-9-13-20(19)25-3;/h5-13,17H,4,14-16H2,1-3H3,(H2,22,23,24);1H. The van der Waals surface area contributed by atoms with Crippen molar-refractivity contribution in [1.29, 1.82) is 0 Å². The van der Waals surface area contributed by atoms with Gasteiger partial charge in [-0.15, -0.1) is 24.0 Å². The molecule has 148 valence electrons. The molecule has 0 heterocycles. The largest absolute Gasteiger partial charge is 0.496 e. The van der Waals surface area contributed by atoms with Gasteiger partial charge in [0, 0.05) is 19.0 Å². The molecule has 1 unspecified atom stereocenters. The molecule has 0 radical (unpaired) electrons. The highest BCUT2D eigenvalue weighted by atomic mass is 127. The van der Waals surface area contributed by atoms with Crippen LogP contribution in [0.1, 0.15) is 25.3 Å². The van der Waals surface area contributed by atoms with Gasteiger partial charge in [0.1, 0.15) is 18.1 Å². The van der Waals surface area contributed by atoms with Crippen LogP contribution in [0, 0.1) is 0 Å². The van der Waals surface area contributed by atoms with Crippen molar-refractivity contribution in [2.45, 2.75) is 19.8 Å². The number of guanidine groups is 1. The summed E-state index contributed by atoms with van der Waals surface area (Å²) in [5.74, 6) is 2.85. The molecule has 1 atom stereocenters. The topological polar surface area (TPSA) is 54.9 Å². The van der Waals surface area contributed by atoms with E-state index in [1.54, 1.807) is 7.11 Å². The first-order chi connectivity index (χ1) is 12.7. The molecule has 6 heteroatoms. The van der Waals surface area contributed by atoms with Gasteiger partial charge >= 0.3 is 0 Å². The molecule has 0 saturated carbocycles. The normalized spacial score (nSPS) is 11.9. The molecule has 2 aromatic carbocycles. The minimum atomic E-state index is 0. The number of ether oxygens (including phenoxy) is 2. The maximum atomic E-state index is 5.70. The third-order valence-electron chi connectivity index (χ3n) is 3.94. The highest BCUT2D eigenvalue weighted by Gasteiger charge is 2.10. The van der Waals surface area contributed by atoms with Gasteiger partial charge in [-0.25, -0.2) is 0 Å². The molecule has 0 aromatic heterocycles. The van der Waals surface area contributed by atoms with Gasteiger partial charge in [0.25, 0.3) is 0 Å². The number of aliphatic imine (C=N–C) groups is 1. The Morgan fingerprint density at radius 1 is 1.04 bits per heavy atom. The fourth-order valence-electron chi connectivity index (χ4n) is 2.60. The summed E-state index contributed by atoms with van der Waals surface area (Å²) in [6.07, 6.45) is 0. The van der Waals surface area contributed by atoms with E-state index in [2.05, 4.69) is 30.5 Å². The fourth-order valence-corrected chi connectivity index (χ4v) is 2.60. The Hall–Kier alpha value is -1.96. The monoisotopic (exact) mass is 483 g/mol. The number of para-hydroxylation sites is 2. The predicted molar refractivity (Wildman–Crippen MR) is 123 cm³/mol. The Bertz CT molecular complexity index is 680. The van der Waals surface area contributed by atoms with Crippen LogP contribution < -0.4 is 20.1 Å². The van der Waals surface area contributed by atoms with Crippen molar-refractivity contribution in [2.75, 3.05) is 33.4 Å². The SMILES string of the molecule is CCNC(=NCC(C)c1ccccc1OC)NCCOc1ccccc1.I. The summed E-state index contributed by atoms with van der Waals surface area (Å²) in [5.41, 5.74) is 1.17. The Morgan fingerprint density at radius 2 is 1.74 bits per heavy atom. The summed E-state index contributed by atoms with van der Waals surface area (Å²) >= 11 is 0. The first-order valence-electron chi connectivity index (χ1n) is 9.07. The summed E-state index contributed by atoms with van der Waals surface area (Å²) < 4.78 is 11.1. The number of nitrogens with zero attached hydrogens (tertiary/aromatic N) is 1. The zero-order valence-corrected chi connectivity index (χ0v) is 18.6. The molecular weight excluding hydrogens is 453 g/mol. The molecule has 2 N–H and O–H groups in total. The third-order valence-corrected chi connectivity index (χ3v) is 3.94. The highest BCUT2D eigenvalue weighted by Crippen LogP contribution is 2.26. The first kappa shape index (κ1) is 23.1. The lowest BCUT2D eigenvalue weighted by molar-refractivity contribution is 0.322. The van der Waals surface area contributed by atoms with Crippen LogP contribution >= 0.6 is 24.0 Å². The zero-order chi connectivity index (χ0) is 18.6.